The van der Waals surface area contributed by atoms with Gasteiger partial charge in [-0.1, -0.05) is 5.10 Å². The van der Waals surface area contributed by atoms with E-state index in [0.717, 1.165) is 11.3 Å². The van der Waals surface area contributed by atoms with Gasteiger partial charge in [0, 0.05) is 19.0 Å². The highest BCUT2D eigenvalue weighted by Crippen LogP contribution is 2.41. The van der Waals surface area contributed by atoms with Gasteiger partial charge in [0.1, 0.15) is 5.41 Å². The van der Waals surface area contributed by atoms with Crippen molar-refractivity contribution in [3.05, 3.63) is 0 Å². The highest BCUT2D eigenvalue weighted by Gasteiger charge is 2.57. The monoisotopic (exact) mass is 314 g/mol. The quantitative estimate of drug-likeness (QED) is 0.814. The molecular weight excluding hydrogens is 300 g/mol. The van der Waals surface area contributed by atoms with E-state index in [-0.39, 0.29) is 25.1 Å². The van der Waals surface area contributed by atoms with E-state index in [1.54, 1.807) is 0 Å². The molecule has 0 unspecified atom stereocenters. The first-order valence-corrected chi connectivity index (χ1v) is 7.11. The number of nitrogens with zero attached hydrogens (tertiary/aromatic N) is 3. The lowest BCUT2D eigenvalue weighted by Gasteiger charge is -2.21. The van der Waals surface area contributed by atoms with Crippen molar-refractivity contribution < 1.29 is 24.2 Å². The molecule has 0 spiro atoms. The van der Waals surface area contributed by atoms with Crippen LogP contribution < -0.4 is 10.1 Å². The third kappa shape index (κ3) is 2.29. The number of amides is 2. The Kier molecular flexibility index (Phi) is 3.41. The second-order valence-electron chi connectivity index (χ2n) is 5.06. The molecule has 0 radical (unpaired) electrons. The number of fused-ring (bicyclic) bond motifs is 1. The molecule has 0 bridgehead atoms. The first-order chi connectivity index (χ1) is 10.0. The molecule has 114 valence electrons. The molecule has 2 amide bonds. The molecule has 1 aromatic rings. The zero-order valence-electron chi connectivity index (χ0n) is 11.2. The SMILES string of the molecule is COc1nnc(NC(=O)N2C[C@@H]3COC[C@]3(C(=O)O)C2)s1. The number of carboxylic acid groups (broad SMARTS) is 1. The van der Waals surface area contributed by atoms with Crippen LogP contribution in [0.4, 0.5) is 9.93 Å². The minimum Gasteiger partial charge on any atom is -0.481 e. The van der Waals surface area contributed by atoms with Crippen molar-refractivity contribution in [1.82, 2.24) is 15.1 Å². The van der Waals surface area contributed by atoms with Crippen LogP contribution in [-0.2, 0) is 9.53 Å². The van der Waals surface area contributed by atoms with Crippen LogP contribution in [0.15, 0.2) is 0 Å². The van der Waals surface area contributed by atoms with Crippen LogP contribution in [0, 0.1) is 11.3 Å². The van der Waals surface area contributed by atoms with Crippen LogP contribution in [-0.4, -0.2) is 65.6 Å². The van der Waals surface area contributed by atoms with Gasteiger partial charge in [-0.25, -0.2) is 4.79 Å². The average Bonchev–Trinajstić information content (AvgIpc) is 3.11. The Bertz CT molecular complexity index is 579. The minimum absolute atomic E-state index is 0.134. The molecule has 0 aromatic carbocycles. The van der Waals surface area contributed by atoms with Gasteiger partial charge in [-0.05, 0) is 11.3 Å². The van der Waals surface area contributed by atoms with Crippen molar-refractivity contribution in [2.75, 3.05) is 38.7 Å². The molecule has 2 fully saturated rings. The van der Waals surface area contributed by atoms with Gasteiger partial charge in [0.2, 0.25) is 5.13 Å². The average molecular weight is 314 g/mol. The number of hydrogen-bond acceptors (Lipinski definition) is 7. The third-order valence-corrected chi connectivity index (χ3v) is 4.68. The summed E-state index contributed by atoms with van der Waals surface area (Å²) in [7, 11) is 1.46. The van der Waals surface area contributed by atoms with Crippen LogP contribution in [0.5, 0.6) is 5.19 Å². The summed E-state index contributed by atoms with van der Waals surface area (Å²) in [6, 6.07) is -0.385. The summed E-state index contributed by atoms with van der Waals surface area (Å²) in [5.41, 5.74) is -0.990. The van der Waals surface area contributed by atoms with Gasteiger partial charge in [-0.2, -0.15) is 0 Å². The van der Waals surface area contributed by atoms with E-state index in [2.05, 4.69) is 15.5 Å². The lowest BCUT2D eigenvalue weighted by atomic mass is 9.81. The number of hydrogen-bond donors (Lipinski definition) is 2. The predicted molar refractivity (Wildman–Crippen MR) is 71.4 cm³/mol. The number of aliphatic carboxylic acids is 1. The lowest BCUT2D eigenvalue weighted by molar-refractivity contribution is -0.149. The van der Waals surface area contributed by atoms with Gasteiger partial charge < -0.3 is 19.5 Å². The molecular formula is C11H14N4O5S. The van der Waals surface area contributed by atoms with Crippen molar-refractivity contribution in [3.63, 3.8) is 0 Å². The lowest BCUT2D eigenvalue weighted by Crippen LogP contribution is -2.41. The smallest absolute Gasteiger partial charge is 0.323 e. The van der Waals surface area contributed by atoms with Gasteiger partial charge in [0.25, 0.3) is 5.19 Å². The molecule has 0 aliphatic carbocycles. The van der Waals surface area contributed by atoms with Crippen LogP contribution in [0.1, 0.15) is 0 Å². The number of carbonyl (C=O) groups excluding carboxylic acids is 1. The maximum atomic E-state index is 12.2. The number of ether oxygens (including phenoxy) is 2. The summed E-state index contributed by atoms with van der Waals surface area (Å²) in [6.45, 7) is 0.995. The van der Waals surface area contributed by atoms with Crippen LogP contribution in [0.2, 0.25) is 0 Å². The summed E-state index contributed by atoms with van der Waals surface area (Å²) >= 11 is 1.10. The van der Waals surface area contributed by atoms with E-state index in [0.29, 0.717) is 23.5 Å². The van der Waals surface area contributed by atoms with Crippen molar-refractivity contribution in [2.45, 2.75) is 0 Å². The van der Waals surface area contributed by atoms with Crippen LogP contribution in [0.3, 0.4) is 0 Å². The summed E-state index contributed by atoms with van der Waals surface area (Å²) < 4.78 is 10.2. The first kappa shape index (κ1) is 14.0. The van der Waals surface area contributed by atoms with Gasteiger partial charge in [0.05, 0.1) is 20.3 Å². The summed E-state index contributed by atoms with van der Waals surface area (Å²) in [5.74, 6) is -1.09. The highest BCUT2D eigenvalue weighted by molar-refractivity contribution is 7.17. The van der Waals surface area contributed by atoms with Gasteiger partial charge in [-0.15, -0.1) is 5.10 Å². The van der Waals surface area contributed by atoms with Crippen molar-refractivity contribution in [3.8, 4) is 5.19 Å². The molecule has 2 aliphatic rings. The highest BCUT2D eigenvalue weighted by atomic mass is 32.1. The Hall–Kier alpha value is -1.94. The number of anilines is 1. The normalized spacial score (nSPS) is 27.5. The molecule has 10 heteroatoms. The van der Waals surface area contributed by atoms with E-state index in [1.807, 2.05) is 0 Å². The Morgan fingerprint density at radius 3 is 3.00 bits per heavy atom. The largest absolute Gasteiger partial charge is 0.481 e. The van der Waals surface area contributed by atoms with E-state index in [9.17, 15) is 14.7 Å². The molecule has 3 rings (SSSR count). The number of carboxylic acids is 1. The Morgan fingerprint density at radius 2 is 2.38 bits per heavy atom. The number of nitrogens with one attached hydrogen (secondary N) is 1. The summed E-state index contributed by atoms with van der Waals surface area (Å²) in [4.78, 5) is 25.2. The standard InChI is InChI=1S/C11H14N4O5S/c1-19-10-14-13-8(21-10)12-9(18)15-2-6-3-20-5-11(6,4-15)7(16)17/h6H,2-5H2,1H3,(H,16,17)(H,12,13,18)/t6-,11-/m1/s1. The van der Waals surface area contributed by atoms with E-state index in [1.165, 1.54) is 12.0 Å². The number of methoxy groups -OCH3 is 1. The van der Waals surface area contributed by atoms with E-state index in [4.69, 9.17) is 9.47 Å². The zero-order chi connectivity index (χ0) is 15.0. The Labute approximate surface area is 123 Å². The fraction of sp³-hybridized carbons (Fsp3) is 0.636. The van der Waals surface area contributed by atoms with Gasteiger partial charge >= 0.3 is 12.0 Å². The topological polar surface area (TPSA) is 114 Å². The molecule has 1 aromatic heterocycles. The first-order valence-electron chi connectivity index (χ1n) is 6.30. The number of rotatable bonds is 3. The van der Waals surface area contributed by atoms with Crippen LogP contribution >= 0.6 is 11.3 Å². The molecule has 21 heavy (non-hydrogen) atoms. The zero-order valence-corrected chi connectivity index (χ0v) is 12.1. The van der Waals surface area contributed by atoms with Crippen molar-refractivity contribution >= 4 is 28.5 Å². The second-order valence-corrected chi connectivity index (χ2v) is 6.00. The number of carbonyl (C=O) groups is 2. The van der Waals surface area contributed by atoms with Crippen molar-refractivity contribution in [1.29, 1.82) is 0 Å². The maximum Gasteiger partial charge on any atom is 0.323 e. The number of urea groups is 1. The fourth-order valence-corrected chi connectivity index (χ4v) is 3.26. The number of likely N-dealkylation sites (tertiary alicyclic amines) is 1. The molecule has 0 saturated carbocycles. The summed E-state index contributed by atoms with van der Waals surface area (Å²) in [6.07, 6.45) is 0. The van der Waals surface area contributed by atoms with E-state index < -0.39 is 11.4 Å². The van der Waals surface area contributed by atoms with Crippen LogP contribution in [0.25, 0.3) is 0 Å². The molecule has 2 atom stereocenters. The second kappa shape index (κ2) is 5.11. The van der Waals surface area contributed by atoms with Crippen molar-refractivity contribution in [2.24, 2.45) is 11.3 Å². The summed E-state index contributed by atoms with van der Waals surface area (Å²) in [5, 5.41) is 20.2. The fourth-order valence-electron chi connectivity index (χ4n) is 2.71. The number of aromatic nitrogens is 2. The molecule has 2 N–H and O–H groups in total. The predicted octanol–water partition coefficient (Wildman–Crippen LogP) is 0.112. The molecule has 2 saturated heterocycles. The Balaban J connectivity index is 1.68. The molecule has 9 nitrogen and oxygen atoms in total. The minimum atomic E-state index is -0.990. The van der Waals surface area contributed by atoms with Gasteiger partial charge in [0.15, 0.2) is 0 Å². The van der Waals surface area contributed by atoms with Gasteiger partial charge in [-0.3, -0.25) is 10.1 Å². The maximum absolute atomic E-state index is 12.2. The Morgan fingerprint density at radius 1 is 1.57 bits per heavy atom. The van der Waals surface area contributed by atoms with E-state index >= 15 is 0 Å². The molecule has 2 aliphatic heterocycles. The third-order valence-electron chi connectivity index (χ3n) is 3.88. The molecule has 3 heterocycles.